The molecule has 80 valence electrons. The third-order valence-corrected chi connectivity index (χ3v) is 3.37. The zero-order valence-corrected chi connectivity index (χ0v) is 8.53. The van der Waals surface area contributed by atoms with Gasteiger partial charge in [-0.15, -0.1) is 5.10 Å². The lowest BCUT2D eigenvalue weighted by Crippen LogP contribution is -2.11. The third kappa shape index (κ3) is 1.85. The second kappa shape index (κ2) is 3.93. The van der Waals surface area contributed by atoms with Gasteiger partial charge in [0.05, 0.1) is 18.9 Å². The Labute approximate surface area is 81.4 Å². The van der Waals surface area contributed by atoms with Crippen LogP contribution in [0.5, 0.6) is 0 Å². The van der Waals surface area contributed by atoms with Crippen molar-refractivity contribution in [3.8, 4) is 0 Å². The number of hydrogen-bond acceptors (Lipinski definition) is 6. The summed E-state index contributed by atoms with van der Waals surface area (Å²) in [6.45, 7) is 1.47. The van der Waals surface area contributed by atoms with Gasteiger partial charge in [0.1, 0.15) is 0 Å². The summed E-state index contributed by atoms with van der Waals surface area (Å²) in [6.07, 6.45) is 0. The van der Waals surface area contributed by atoms with Crippen LogP contribution in [-0.2, 0) is 16.4 Å². The first-order valence-corrected chi connectivity index (χ1v) is 5.70. The van der Waals surface area contributed by atoms with Crippen LogP contribution in [0.1, 0.15) is 6.92 Å². The molecule has 0 bridgehead atoms. The quantitative estimate of drug-likeness (QED) is 0.648. The molecule has 1 aromatic rings. The predicted octanol–water partition coefficient (Wildman–Crippen LogP) is -1.35. The summed E-state index contributed by atoms with van der Waals surface area (Å²) in [6, 6.07) is 0. The maximum atomic E-state index is 11.4. The number of aliphatic hydroxyl groups is 1. The van der Waals surface area contributed by atoms with Crippen molar-refractivity contribution in [2.24, 2.45) is 0 Å². The van der Waals surface area contributed by atoms with Gasteiger partial charge in [0.15, 0.2) is 5.82 Å². The van der Waals surface area contributed by atoms with Gasteiger partial charge in [-0.25, -0.2) is 13.1 Å². The Kier molecular flexibility index (Phi) is 3.06. The molecular weight excluding hydrogens is 208 g/mol. The van der Waals surface area contributed by atoms with Crippen LogP contribution in [-0.4, -0.2) is 40.9 Å². The van der Waals surface area contributed by atoms with E-state index < -0.39 is 9.84 Å². The maximum absolute atomic E-state index is 11.4. The molecule has 7 nitrogen and oxygen atoms in total. The molecule has 0 amide bonds. The van der Waals surface area contributed by atoms with E-state index in [1.165, 1.54) is 6.92 Å². The third-order valence-electron chi connectivity index (χ3n) is 1.73. The van der Waals surface area contributed by atoms with Gasteiger partial charge in [-0.05, 0) is 0 Å². The highest BCUT2D eigenvalue weighted by molar-refractivity contribution is 7.91. The van der Waals surface area contributed by atoms with Gasteiger partial charge in [-0.3, -0.25) is 0 Å². The zero-order chi connectivity index (χ0) is 10.8. The Hall–Kier alpha value is -1.15. The average Bonchev–Trinajstić information content (AvgIpc) is 2.50. The van der Waals surface area contributed by atoms with E-state index in [2.05, 4.69) is 10.3 Å². The molecule has 0 aliphatic heterocycles. The van der Waals surface area contributed by atoms with Crippen LogP contribution in [0.2, 0.25) is 0 Å². The van der Waals surface area contributed by atoms with Crippen molar-refractivity contribution in [3.63, 3.8) is 0 Å². The van der Waals surface area contributed by atoms with E-state index >= 15 is 0 Å². The second-order valence-electron chi connectivity index (χ2n) is 2.63. The molecule has 0 saturated heterocycles. The number of aliphatic hydroxyl groups excluding tert-OH is 1. The van der Waals surface area contributed by atoms with Crippen LogP contribution >= 0.6 is 0 Å². The number of hydrogen-bond donors (Lipinski definition) is 2. The molecular formula is C6H12N4O3S. The number of aromatic nitrogens is 3. The molecule has 0 saturated carbocycles. The van der Waals surface area contributed by atoms with Crippen molar-refractivity contribution in [1.29, 1.82) is 0 Å². The van der Waals surface area contributed by atoms with Crippen LogP contribution in [0.15, 0.2) is 5.03 Å². The smallest absolute Gasteiger partial charge is 0.220 e. The molecule has 1 rings (SSSR count). The molecule has 0 atom stereocenters. The van der Waals surface area contributed by atoms with Gasteiger partial charge in [-0.1, -0.05) is 12.1 Å². The lowest BCUT2D eigenvalue weighted by Gasteiger charge is -2.00. The monoisotopic (exact) mass is 220 g/mol. The SMILES string of the molecule is CCS(=O)(=O)c1nnn(CCO)c1N. The number of nitrogens with zero attached hydrogens (tertiary/aromatic N) is 3. The Morgan fingerprint density at radius 2 is 2.21 bits per heavy atom. The van der Waals surface area contributed by atoms with E-state index in [-0.39, 0.29) is 29.7 Å². The summed E-state index contributed by atoms with van der Waals surface area (Å²) in [7, 11) is -3.43. The number of sulfone groups is 1. The molecule has 8 heteroatoms. The molecule has 1 heterocycles. The van der Waals surface area contributed by atoms with Crippen molar-refractivity contribution < 1.29 is 13.5 Å². The molecule has 0 spiro atoms. The number of nitrogens with two attached hydrogens (primary N) is 1. The topological polar surface area (TPSA) is 111 Å². The molecule has 0 fully saturated rings. The van der Waals surface area contributed by atoms with Crippen molar-refractivity contribution in [2.75, 3.05) is 18.1 Å². The van der Waals surface area contributed by atoms with Gasteiger partial charge in [0.2, 0.25) is 14.9 Å². The van der Waals surface area contributed by atoms with E-state index in [1.54, 1.807) is 0 Å². The van der Waals surface area contributed by atoms with E-state index in [0.717, 1.165) is 4.68 Å². The fourth-order valence-electron chi connectivity index (χ4n) is 0.923. The number of nitrogen functional groups attached to an aromatic ring is 1. The minimum Gasteiger partial charge on any atom is -0.394 e. The number of rotatable bonds is 4. The molecule has 0 aliphatic rings. The minimum absolute atomic E-state index is 0.0269. The molecule has 0 radical (unpaired) electrons. The fraction of sp³-hybridized carbons (Fsp3) is 0.667. The summed E-state index contributed by atoms with van der Waals surface area (Å²) in [5.74, 6) is -0.101. The van der Waals surface area contributed by atoms with Gasteiger partial charge in [0, 0.05) is 0 Å². The molecule has 0 unspecified atom stereocenters. The summed E-state index contributed by atoms with van der Waals surface area (Å²) >= 11 is 0. The van der Waals surface area contributed by atoms with E-state index in [4.69, 9.17) is 10.8 Å². The normalized spacial score (nSPS) is 11.9. The summed E-state index contributed by atoms with van der Waals surface area (Å²) in [5.41, 5.74) is 5.50. The van der Waals surface area contributed by atoms with E-state index in [9.17, 15) is 8.42 Å². The Bertz CT molecular complexity index is 411. The molecule has 1 aromatic heterocycles. The van der Waals surface area contributed by atoms with Gasteiger partial charge in [0.25, 0.3) is 0 Å². The van der Waals surface area contributed by atoms with E-state index in [0.29, 0.717) is 0 Å². The molecule has 0 aromatic carbocycles. The van der Waals surface area contributed by atoms with Gasteiger partial charge in [-0.2, -0.15) is 0 Å². The summed E-state index contributed by atoms with van der Waals surface area (Å²) < 4.78 is 23.9. The highest BCUT2D eigenvalue weighted by Crippen LogP contribution is 2.15. The van der Waals surface area contributed by atoms with Gasteiger partial charge < -0.3 is 10.8 Å². The Morgan fingerprint density at radius 1 is 1.57 bits per heavy atom. The average molecular weight is 220 g/mol. The van der Waals surface area contributed by atoms with Crippen LogP contribution in [0, 0.1) is 0 Å². The lowest BCUT2D eigenvalue weighted by atomic mass is 10.6. The summed E-state index contributed by atoms with van der Waals surface area (Å²) in [4.78, 5) is 0. The van der Waals surface area contributed by atoms with E-state index in [1.807, 2.05) is 0 Å². The van der Waals surface area contributed by atoms with Crippen molar-refractivity contribution in [1.82, 2.24) is 15.0 Å². The molecule has 0 aliphatic carbocycles. The highest BCUT2D eigenvalue weighted by Gasteiger charge is 2.21. The first-order valence-electron chi connectivity index (χ1n) is 4.05. The largest absolute Gasteiger partial charge is 0.394 e. The van der Waals surface area contributed by atoms with Gasteiger partial charge >= 0.3 is 0 Å². The van der Waals surface area contributed by atoms with Crippen LogP contribution < -0.4 is 5.73 Å². The zero-order valence-electron chi connectivity index (χ0n) is 7.71. The minimum atomic E-state index is -3.43. The van der Waals surface area contributed by atoms with Crippen molar-refractivity contribution >= 4 is 15.7 Å². The predicted molar refractivity (Wildman–Crippen MR) is 49.2 cm³/mol. The standard InChI is InChI=1S/C6H12N4O3S/c1-2-14(12,13)6-5(7)10(3-4-11)9-8-6/h11H,2-4,7H2,1H3. The van der Waals surface area contributed by atoms with Crippen molar-refractivity contribution in [2.45, 2.75) is 18.5 Å². The van der Waals surface area contributed by atoms with Crippen molar-refractivity contribution in [3.05, 3.63) is 0 Å². The first-order chi connectivity index (χ1) is 6.53. The number of anilines is 1. The van der Waals surface area contributed by atoms with Crippen LogP contribution in [0.25, 0.3) is 0 Å². The fourth-order valence-corrected chi connectivity index (χ4v) is 1.78. The van der Waals surface area contributed by atoms with Crippen LogP contribution in [0.4, 0.5) is 5.82 Å². The lowest BCUT2D eigenvalue weighted by molar-refractivity contribution is 0.269. The Morgan fingerprint density at radius 3 is 2.71 bits per heavy atom. The Balaban J connectivity index is 3.13. The molecule has 3 N–H and O–H groups in total. The maximum Gasteiger partial charge on any atom is 0.220 e. The van der Waals surface area contributed by atoms with Crippen LogP contribution in [0.3, 0.4) is 0 Å². The summed E-state index contributed by atoms with van der Waals surface area (Å²) in [5, 5.41) is 15.4. The first kappa shape index (κ1) is 10.9. The molecule has 14 heavy (non-hydrogen) atoms. The second-order valence-corrected chi connectivity index (χ2v) is 4.82. The highest BCUT2D eigenvalue weighted by atomic mass is 32.2.